The van der Waals surface area contributed by atoms with E-state index < -0.39 is 0 Å². The molecule has 0 atom stereocenters. The zero-order valence-corrected chi connectivity index (χ0v) is 37.1. The number of allylic oxidation sites excluding steroid dienone is 2. The molecule has 0 aliphatic carbocycles. The fourth-order valence-corrected chi connectivity index (χ4v) is 10.1. The second-order valence-corrected chi connectivity index (χ2v) is 17.4. The molecule has 2 heteroatoms. The van der Waals surface area contributed by atoms with Crippen LogP contribution in [0, 0.1) is 6.92 Å². The number of aryl methyl sites for hydroxylation is 1. The molecule has 1 aromatic heterocycles. The van der Waals surface area contributed by atoms with E-state index in [1.807, 2.05) is 24.3 Å². The SMILES string of the molecule is C=C(/C=C(/c1ccc(-c2cc(-c3ccccc3)nc(-c3ccccc3)n2)cc1)c1cc(-c2cc3ccccc3c3ccccc23)c2ccccc2c1C)c1cc2ccccc2c2ccccc12. The van der Waals surface area contributed by atoms with Gasteiger partial charge in [-0.25, -0.2) is 9.97 Å². The molecule has 314 valence electrons. The van der Waals surface area contributed by atoms with Gasteiger partial charge in [0.25, 0.3) is 0 Å². The van der Waals surface area contributed by atoms with Gasteiger partial charge < -0.3 is 0 Å². The van der Waals surface area contributed by atoms with Crippen LogP contribution in [0.4, 0.5) is 0 Å². The van der Waals surface area contributed by atoms with Crippen molar-refractivity contribution in [2.45, 2.75) is 6.92 Å². The maximum Gasteiger partial charge on any atom is 0.160 e. The normalized spacial score (nSPS) is 11.8. The van der Waals surface area contributed by atoms with Crippen LogP contribution in [0.5, 0.6) is 0 Å². The lowest BCUT2D eigenvalue weighted by atomic mass is 9.83. The summed E-state index contributed by atoms with van der Waals surface area (Å²) in [6, 6.07) is 82.5. The Kier molecular flexibility index (Phi) is 9.92. The number of hydrogen-bond donors (Lipinski definition) is 0. The van der Waals surface area contributed by atoms with E-state index in [0.29, 0.717) is 5.82 Å². The Balaban J connectivity index is 1.08. The molecular weight excluding hydrogens is 809 g/mol. The number of aromatic nitrogens is 2. The maximum absolute atomic E-state index is 5.17. The van der Waals surface area contributed by atoms with E-state index in [2.05, 4.69) is 219 Å². The molecule has 0 aliphatic heterocycles. The standard InChI is InChI=1S/C65H44N2/c1-42(58-38-48-23-9-11-26-51(48)54-29-15-17-31-56(54)58)37-60(44-33-35-46(36-34-44)64-41-63(45-19-5-3-6-20-45)66-65(67-64)47-21-7-4-8-22-47)59-40-62(53-28-14-13-25-50(53)43(59)2)61-39-49-24-10-12-27-52(49)55-30-16-18-32-57(55)61/h3-41H,1H2,2H3/b60-37-. The van der Waals surface area contributed by atoms with Gasteiger partial charge in [-0.1, -0.05) is 213 Å². The van der Waals surface area contributed by atoms with Crippen molar-refractivity contribution in [1.82, 2.24) is 9.97 Å². The molecule has 0 saturated heterocycles. The van der Waals surface area contributed by atoms with Crippen LogP contribution in [0.25, 0.3) is 110 Å². The topological polar surface area (TPSA) is 25.8 Å². The number of fused-ring (bicyclic) bond motifs is 7. The van der Waals surface area contributed by atoms with Crippen LogP contribution >= 0.6 is 0 Å². The number of hydrogen-bond acceptors (Lipinski definition) is 2. The fourth-order valence-electron chi connectivity index (χ4n) is 10.1. The summed E-state index contributed by atoms with van der Waals surface area (Å²) in [5.41, 5.74) is 13.8. The lowest BCUT2D eigenvalue weighted by Crippen LogP contribution is -1.98. The highest BCUT2D eigenvalue weighted by Gasteiger charge is 2.20. The minimum atomic E-state index is 0.695. The first kappa shape index (κ1) is 39.8. The molecule has 1 heterocycles. The van der Waals surface area contributed by atoms with Crippen molar-refractivity contribution in [3.8, 4) is 45.0 Å². The predicted molar refractivity (Wildman–Crippen MR) is 285 cm³/mol. The molecule has 0 spiro atoms. The van der Waals surface area contributed by atoms with Gasteiger partial charge in [0.15, 0.2) is 5.82 Å². The van der Waals surface area contributed by atoms with Crippen molar-refractivity contribution in [1.29, 1.82) is 0 Å². The highest BCUT2D eigenvalue weighted by Crippen LogP contribution is 2.43. The summed E-state index contributed by atoms with van der Waals surface area (Å²) in [5.74, 6) is 0.695. The summed E-state index contributed by atoms with van der Waals surface area (Å²) in [6.07, 6.45) is 2.32. The monoisotopic (exact) mass is 852 g/mol. The van der Waals surface area contributed by atoms with E-state index >= 15 is 0 Å². The van der Waals surface area contributed by atoms with Crippen molar-refractivity contribution >= 4 is 65.0 Å². The Hall–Kier alpha value is -8.72. The Morgan fingerprint density at radius 1 is 0.373 bits per heavy atom. The smallest absolute Gasteiger partial charge is 0.160 e. The molecule has 11 aromatic carbocycles. The zero-order valence-electron chi connectivity index (χ0n) is 37.1. The van der Waals surface area contributed by atoms with Crippen LogP contribution in [0.2, 0.25) is 0 Å². The molecule has 0 radical (unpaired) electrons. The Labute approximate surface area is 390 Å². The van der Waals surface area contributed by atoms with Gasteiger partial charge in [0.1, 0.15) is 0 Å². The first-order chi connectivity index (χ1) is 33.1. The Morgan fingerprint density at radius 2 is 0.821 bits per heavy atom. The van der Waals surface area contributed by atoms with E-state index in [9.17, 15) is 0 Å². The van der Waals surface area contributed by atoms with E-state index in [0.717, 1.165) is 55.9 Å². The summed E-state index contributed by atoms with van der Waals surface area (Å²) in [5, 5.41) is 12.2. The molecule has 12 aromatic rings. The lowest BCUT2D eigenvalue weighted by molar-refractivity contribution is 1.18. The third kappa shape index (κ3) is 7.17. The van der Waals surface area contributed by atoms with E-state index in [-0.39, 0.29) is 0 Å². The highest BCUT2D eigenvalue weighted by atomic mass is 14.9. The van der Waals surface area contributed by atoms with Crippen molar-refractivity contribution in [2.24, 2.45) is 0 Å². The van der Waals surface area contributed by atoms with Crippen LogP contribution in [0.3, 0.4) is 0 Å². The number of nitrogens with zero attached hydrogens (tertiary/aromatic N) is 2. The molecule has 2 nitrogen and oxygen atoms in total. The fraction of sp³-hybridized carbons (Fsp3) is 0.0154. The molecule has 12 rings (SSSR count). The lowest BCUT2D eigenvalue weighted by Gasteiger charge is -2.20. The van der Waals surface area contributed by atoms with Gasteiger partial charge in [0.05, 0.1) is 11.4 Å². The van der Waals surface area contributed by atoms with Gasteiger partial charge in [0.2, 0.25) is 0 Å². The second-order valence-electron chi connectivity index (χ2n) is 17.4. The van der Waals surface area contributed by atoms with E-state index in [1.54, 1.807) is 0 Å². The third-order valence-corrected chi connectivity index (χ3v) is 13.4. The van der Waals surface area contributed by atoms with Gasteiger partial charge in [-0.05, 0) is 136 Å². The second kappa shape index (κ2) is 16.7. The van der Waals surface area contributed by atoms with Crippen molar-refractivity contribution in [3.63, 3.8) is 0 Å². The average Bonchev–Trinajstić information content (AvgIpc) is 3.40. The minimum Gasteiger partial charge on any atom is -0.228 e. The maximum atomic E-state index is 5.17. The Morgan fingerprint density at radius 3 is 1.45 bits per heavy atom. The molecule has 0 saturated carbocycles. The first-order valence-corrected chi connectivity index (χ1v) is 22.9. The molecule has 0 amide bonds. The van der Waals surface area contributed by atoms with Gasteiger partial charge in [0, 0.05) is 16.7 Å². The van der Waals surface area contributed by atoms with Gasteiger partial charge >= 0.3 is 0 Å². The molecule has 0 fully saturated rings. The minimum absolute atomic E-state index is 0.695. The molecular formula is C65H44N2. The van der Waals surface area contributed by atoms with Crippen molar-refractivity contribution < 1.29 is 0 Å². The summed E-state index contributed by atoms with van der Waals surface area (Å²) in [6.45, 7) is 7.14. The predicted octanol–water partition coefficient (Wildman–Crippen LogP) is 17.4. The van der Waals surface area contributed by atoms with Gasteiger partial charge in [-0.15, -0.1) is 0 Å². The zero-order chi connectivity index (χ0) is 44.8. The van der Waals surface area contributed by atoms with Crippen molar-refractivity contribution in [3.05, 3.63) is 265 Å². The highest BCUT2D eigenvalue weighted by molar-refractivity contribution is 6.17. The van der Waals surface area contributed by atoms with Crippen LogP contribution in [-0.4, -0.2) is 9.97 Å². The van der Waals surface area contributed by atoms with E-state index in [4.69, 9.17) is 16.5 Å². The summed E-state index contributed by atoms with van der Waals surface area (Å²) >= 11 is 0. The van der Waals surface area contributed by atoms with Crippen LogP contribution < -0.4 is 0 Å². The summed E-state index contributed by atoms with van der Waals surface area (Å²) < 4.78 is 0. The average molecular weight is 853 g/mol. The van der Waals surface area contributed by atoms with Crippen molar-refractivity contribution in [2.75, 3.05) is 0 Å². The van der Waals surface area contributed by atoms with E-state index in [1.165, 1.54) is 70.6 Å². The van der Waals surface area contributed by atoms with Crippen LogP contribution in [0.1, 0.15) is 22.3 Å². The summed E-state index contributed by atoms with van der Waals surface area (Å²) in [4.78, 5) is 10.2. The molecule has 0 bridgehead atoms. The Bertz CT molecular complexity index is 3860. The summed E-state index contributed by atoms with van der Waals surface area (Å²) in [7, 11) is 0. The van der Waals surface area contributed by atoms with Crippen LogP contribution in [0.15, 0.2) is 243 Å². The van der Waals surface area contributed by atoms with Gasteiger partial charge in [-0.2, -0.15) is 0 Å². The molecule has 0 unspecified atom stereocenters. The largest absolute Gasteiger partial charge is 0.228 e. The van der Waals surface area contributed by atoms with Crippen LogP contribution in [-0.2, 0) is 0 Å². The quantitative estimate of drug-likeness (QED) is 0.112. The molecule has 0 N–H and O–H groups in total. The number of benzene rings is 11. The van der Waals surface area contributed by atoms with Gasteiger partial charge in [-0.3, -0.25) is 0 Å². The molecule has 0 aliphatic rings. The molecule has 67 heavy (non-hydrogen) atoms. The number of rotatable bonds is 8. The third-order valence-electron chi connectivity index (χ3n) is 13.4. The first-order valence-electron chi connectivity index (χ1n) is 22.9.